The van der Waals surface area contributed by atoms with Crippen molar-refractivity contribution in [1.82, 2.24) is 0 Å². The average molecular weight is 583 g/mol. The van der Waals surface area contributed by atoms with E-state index in [1.54, 1.807) is 0 Å². The second kappa shape index (κ2) is 12.1. The fraction of sp³-hybridized carbons (Fsp3) is 0.519. The molecular weight excluding hydrogens is 548 g/mol. The first-order valence-electron chi connectivity index (χ1n) is 12.7. The smallest absolute Gasteiger partial charge is 0.335 e. The number of aliphatic carboxylic acids is 1. The summed E-state index contributed by atoms with van der Waals surface area (Å²) >= 11 is 0. The molecular formula is C27H34O14. The van der Waals surface area contributed by atoms with Gasteiger partial charge in [0.1, 0.15) is 18.3 Å². The highest BCUT2D eigenvalue weighted by atomic mass is 16.7. The van der Waals surface area contributed by atoms with Gasteiger partial charge in [-0.25, -0.2) is 4.79 Å². The number of carboxylic acids is 1. The van der Waals surface area contributed by atoms with Gasteiger partial charge in [0.05, 0.1) is 27.9 Å². The summed E-state index contributed by atoms with van der Waals surface area (Å²) in [6.45, 7) is -0.683. The van der Waals surface area contributed by atoms with Gasteiger partial charge in [0.2, 0.25) is 11.5 Å². The molecule has 1 fully saturated rings. The number of benzene rings is 2. The fourth-order valence-electron chi connectivity index (χ4n) is 5.63. The Labute approximate surface area is 234 Å². The zero-order valence-electron chi connectivity index (χ0n) is 22.5. The maximum atomic E-state index is 11.5. The van der Waals surface area contributed by atoms with Crippen molar-refractivity contribution in [3.8, 4) is 34.5 Å². The molecule has 1 aliphatic heterocycles. The second-order valence-corrected chi connectivity index (χ2v) is 9.98. The number of fused-ring (bicyclic) bond motifs is 1. The van der Waals surface area contributed by atoms with Crippen LogP contribution in [0.5, 0.6) is 34.5 Å². The first kappa shape index (κ1) is 30.4. The Bertz CT molecular complexity index is 1240. The van der Waals surface area contributed by atoms with E-state index >= 15 is 0 Å². The van der Waals surface area contributed by atoms with Crippen LogP contribution in [0.4, 0.5) is 0 Å². The maximum absolute atomic E-state index is 11.5. The first-order valence-corrected chi connectivity index (χ1v) is 12.7. The van der Waals surface area contributed by atoms with E-state index < -0.39 is 65.9 Å². The molecule has 0 bridgehead atoms. The van der Waals surface area contributed by atoms with Crippen molar-refractivity contribution in [2.75, 3.05) is 34.5 Å². The number of phenols is 3. The largest absolute Gasteiger partial charge is 0.504 e. The Kier molecular flexibility index (Phi) is 9.01. The van der Waals surface area contributed by atoms with Crippen LogP contribution in [-0.2, 0) is 20.7 Å². The number of phenolic OH excluding ortho intramolecular Hbond substituents is 3. The molecule has 1 saturated heterocycles. The lowest BCUT2D eigenvalue weighted by atomic mass is 9.66. The minimum absolute atomic E-state index is 0.0123. The lowest BCUT2D eigenvalue weighted by molar-refractivity contribution is -0.297. The molecule has 0 spiro atoms. The van der Waals surface area contributed by atoms with Crippen LogP contribution < -0.4 is 14.2 Å². The summed E-state index contributed by atoms with van der Waals surface area (Å²) in [5, 5.41) is 82.8. The standard InChI is InChI=1S/C27H34O14/c1-37-14-6-11(7-15(38-2)19(14)29)17-13(9-40-27-24(34)22(32)23(33)25(41-27)26(35)36)12(8-28)4-10-5-16(39-3)20(30)21(31)18(10)17/h5-7,12-13,17,22-25,27-34H,4,8-9H2,1-3H3,(H,35,36)/t12?,13?,17?,22-,23-,24+,25-,27+/m0/s1. The third kappa shape index (κ3) is 5.41. The minimum Gasteiger partial charge on any atom is -0.504 e. The summed E-state index contributed by atoms with van der Waals surface area (Å²) in [6.07, 6.45) is -8.95. The number of aliphatic hydroxyl groups excluding tert-OH is 4. The van der Waals surface area contributed by atoms with Crippen molar-refractivity contribution in [3.63, 3.8) is 0 Å². The van der Waals surface area contributed by atoms with Gasteiger partial charge in [-0.2, -0.15) is 0 Å². The van der Waals surface area contributed by atoms with Crippen molar-refractivity contribution in [2.45, 2.75) is 43.0 Å². The summed E-state index contributed by atoms with van der Waals surface area (Å²) in [5.41, 5.74) is 1.23. The first-order chi connectivity index (χ1) is 19.5. The second-order valence-electron chi connectivity index (χ2n) is 9.98. The van der Waals surface area contributed by atoms with Crippen molar-refractivity contribution < 1.29 is 69.3 Å². The Balaban J connectivity index is 1.82. The minimum atomic E-state index is -1.91. The zero-order chi connectivity index (χ0) is 30.2. The molecule has 14 nitrogen and oxygen atoms in total. The summed E-state index contributed by atoms with van der Waals surface area (Å²) in [6, 6.07) is 4.52. The van der Waals surface area contributed by atoms with E-state index in [0.717, 1.165) is 0 Å². The van der Waals surface area contributed by atoms with E-state index in [1.807, 2.05) is 0 Å². The van der Waals surface area contributed by atoms with E-state index in [-0.39, 0.29) is 48.2 Å². The SMILES string of the molecule is COc1cc(C2c3c(cc(OC)c(O)c3O)CC(CO)C2CO[C@@H]2O[C@H](C(=O)O)[C@@H](O)[C@H](O)[C@H]2O)cc(OC)c1O. The van der Waals surface area contributed by atoms with Gasteiger partial charge in [-0.05, 0) is 47.6 Å². The molecule has 2 aromatic carbocycles. The van der Waals surface area contributed by atoms with Crippen LogP contribution >= 0.6 is 0 Å². The van der Waals surface area contributed by atoms with E-state index in [4.69, 9.17) is 23.7 Å². The monoisotopic (exact) mass is 582 g/mol. The normalized spacial score (nSPS) is 29.4. The summed E-state index contributed by atoms with van der Waals surface area (Å²) < 4.78 is 26.9. The van der Waals surface area contributed by atoms with Gasteiger partial charge >= 0.3 is 5.97 Å². The van der Waals surface area contributed by atoms with Crippen LogP contribution in [0.2, 0.25) is 0 Å². The Hall–Kier alpha value is -3.53. The van der Waals surface area contributed by atoms with Crippen LogP contribution in [0.15, 0.2) is 18.2 Å². The van der Waals surface area contributed by atoms with Crippen molar-refractivity contribution in [2.24, 2.45) is 11.8 Å². The number of ether oxygens (including phenoxy) is 5. The van der Waals surface area contributed by atoms with Crippen molar-refractivity contribution in [3.05, 3.63) is 34.9 Å². The summed E-state index contributed by atoms with van der Waals surface area (Å²) in [7, 11) is 3.99. The van der Waals surface area contributed by atoms with Crippen LogP contribution in [0, 0.1) is 11.8 Å². The molecule has 0 radical (unpaired) electrons. The molecule has 1 aliphatic carbocycles. The van der Waals surface area contributed by atoms with E-state index in [9.17, 15) is 45.6 Å². The lowest BCUT2D eigenvalue weighted by Crippen LogP contribution is -2.60. The van der Waals surface area contributed by atoms with E-state index in [0.29, 0.717) is 11.1 Å². The molecule has 41 heavy (non-hydrogen) atoms. The predicted molar refractivity (Wildman–Crippen MR) is 137 cm³/mol. The van der Waals surface area contributed by atoms with Gasteiger partial charge < -0.3 is 64.5 Å². The number of hydrogen-bond acceptors (Lipinski definition) is 13. The molecule has 226 valence electrons. The Morgan fingerprint density at radius 1 is 0.878 bits per heavy atom. The van der Waals surface area contributed by atoms with Crippen LogP contribution in [0.3, 0.4) is 0 Å². The highest BCUT2D eigenvalue weighted by Crippen LogP contribution is 2.54. The maximum Gasteiger partial charge on any atom is 0.335 e. The van der Waals surface area contributed by atoms with Gasteiger partial charge in [0.25, 0.3) is 0 Å². The molecule has 2 aromatic rings. The van der Waals surface area contributed by atoms with Crippen LogP contribution in [0.25, 0.3) is 0 Å². The Morgan fingerprint density at radius 3 is 2.00 bits per heavy atom. The molecule has 3 unspecified atom stereocenters. The third-order valence-corrected chi connectivity index (χ3v) is 7.77. The molecule has 1 heterocycles. The molecule has 0 aromatic heterocycles. The predicted octanol–water partition coefficient (Wildman–Crippen LogP) is -0.349. The quantitative estimate of drug-likeness (QED) is 0.177. The lowest BCUT2D eigenvalue weighted by Gasteiger charge is -2.42. The molecule has 0 amide bonds. The number of methoxy groups -OCH3 is 3. The topological polar surface area (TPSA) is 225 Å². The molecule has 8 N–H and O–H groups in total. The number of carboxylic acid groups (broad SMARTS) is 1. The fourth-order valence-corrected chi connectivity index (χ4v) is 5.63. The number of aromatic hydroxyl groups is 3. The van der Waals surface area contributed by atoms with Crippen molar-refractivity contribution in [1.29, 1.82) is 0 Å². The van der Waals surface area contributed by atoms with E-state index in [2.05, 4.69) is 0 Å². The number of hydrogen-bond donors (Lipinski definition) is 8. The van der Waals surface area contributed by atoms with Gasteiger partial charge in [-0.1, -0.05) is 0 Å². The van der Waals surface area contributed by atoms with Gasteiger partial charge in [0, 0.05) is 18.1 Å². The third-order valence-electron chi connectivity index (χ3n) is 7.77. The van der Waals surface area contributed by atoms with Gasteiger partial charge in [-0.15, -0.1) is 0 Å². The molecule has 2 aliphatic rings. The molecule has 0 saturated carbocycles. The molecule has 4 rings (SSSR count). The molecule has 14 heteroatoms. The average Bonchev–Trinajstić information content (AvgIpc) is 2.96. The number of rotatable bonds is 9. The van der Waals surface area contributed by atoms with Crippen LogP contribution in [0.1, 0.15) is 22.6 Å². The summed E-state index contributed by atoms with van der Waals surface area (Å²) in [4.78, 5) is 11.5. The number of aliphatic hydroxyl groups is 4. The van der Waals surface area contributed by atoms with Gasteiger partial charge in [-0.3, -0.25) is 0 Å². The zero-order valence-corrected chi connectivity index (χ0v) is 22.5. The number of carbonyl (C=O) groups is 1. The van der Waals surface area contributed by atoms with Crippen LogP contribution in [-0.4, -0.2) is 112 Å². The molecule has 8 atom stereocenters. The van der Waals surface area contributed by atoms with Gasteiger partial charge in [0.15, 0.2) is 35.4 Å². The summed E-state index contributed by atoms with van der Waals surface area (Å²) in [5.74, 6) is -4.93. The van der Waals surface area contributed by atoms with Crippen molar-refractivity contribution >= 4 is 5.97 Å². The highest BCUT2D eigenvalue weighted by Gasteiger charge is 2.49. The Morgan fingerprint density at radius 2 is 1.46 bits per heavy atom. The van der Waals surface area contributed by atoms with E-state index in [1.165, 1.54) is 39.5 Å². The highest BCUT2D eigenvalue weighted by molar-refractivity contribution is 5.73.